The fourth-order valence-electron chi connectivity index (χ4n) is 2.29. The van der Waals surface area contributed by atoms with E-state index in [1.54, 1.807) is 18.2 Å². The molecule has 1 fully saturated rings. The van der Waals surface area contributed by atoms with Gasteiger partial charge in [-0.3, -0.25) is 9.59 Å². The van der Waals surface area contributed by atoms with E-state index in [1.807, 2.05) is 20.8 Å². The summed E-state index contributed by atoms with van der Waals surface area (Å²) >= 11 is 0. The zero-order chi connectivity index (χ0) is 16.8. The Morgan fingerprint density at radius 2 is 2.12 bits per heavy atom. The minimum Gasteiger partial charge on any atom is -0.366 e. The van der Waals surface area contributed by atoms with Crippen LogP contribution >= 0.6 is 12.4 Å². The fraction of sp³-hybridized carbons (Fsp3) is 0.529. The van der Waals surface area contributed by atoms with Crippen LogP contribution in [0.4, 0.5) is 5.69 Å². The van der Waals surface area contributed by atoms with Crippen molar-refractivity contribution in [1.82, 2.24) is 10.6 Å². The number of nitrogens with one attached hydrogen (secondary N) is 3. The number of morpholine rings is 1. The Bertz CT molecular complexity index is 572. The van der Waals surface area contributed by atoms with Crippen LogP contribution in [-0.4, -0.2) is 44.2 Å². The number of rotatable bonds is 5. The van der Waals surface area contributed by atoms with E-state index in [9.17, 15) is 9.59 Å². The lowest BCUT2D eigenvalue weighted by molar-refractivity contribution is -0.128. The molecular formula is C17H26ClN3O3. The van der Waals surface area contributed by atoms with Crippen molar-refractivity contribution >= 4 is 29.9 Å². The van der Waals surface area contributed by atoms with Crippen molar-refractivity contribution in [3.8, 4) is 0 Å². The Hall–Kier alpha value is -1.63. The zero-order valence-corrected chi connectivity index (χ0v) is 15.2. The summed E-state index contributed by atoms with van der Waals surface area (Å²) in [4.78, 5) is 24.2. The smallest absolute Gasteiger partial charge is 0.254 e. The van der Waals surface area contributed by atoms with Gasteiger partial charge in [-0.2, -0.15) is 0 Å². The van der Waals surface area contributed by atoms with Gasteiger partial charge in [0.25, 0.3) is 11.8 Å². The van der Waals surface area contributed by atoms with Crippen LogP contribution in [0.5, 0.6) is 0 Å². The molecule has 6 nitrogen and oxygen atoms in total. The average molecular weight is 356 g/mol. The molecule has 0 aliphatic carbocycles. The lowest BCUT2D eigenvalue weighted by Gasteiger charge is -2.23. The van der Waals surface area contributed by atoms with E-state index in [2.05, 4.69) is 16.0 Å². The van der Waals surface area contributed by atoms with Gasteiger partial charge in [-0.25, -0.2) is 0 Å². The van der Waals surface area contributed by atoms with E-state index < -0.39 is 6.10 Å². The van der Waals surface area contributed by atoms with Crippen LogP contribution in [0.25, 0.3) is 0 Å². The number of carbonyl (C=O) groups excluding carboxylic acids is 2. The Kier molecular flexibility index (Phi) is 8.18. The number of ether oxygens (including phenoxy) is 1. The topological polar surface area (TPSA) is 79.5 Å². The second-order valence-corrected chi connectivity index (χ2v) is 6.19. The van der Waals surface area contributed by atoms with Crippen LogP contribution < -0.4 is 16.0 Å². The molecule has 1 atom stereocenters. The SMILES string of the molecule is Cc1cc(C(=O)NCC(C)C)ccc1NC(=O)C1CNCCO1.Cl. The second kappa shape index (κ2) is 9.61. The molecule has 134 valence electrons. The molecule has 2 amide bonds. The molecule has 1 heterocycles. The molecule has 1 aromatic rings. The Morgan fingerprint density at radius 3 is 2.71 bits per heavy atom. The van der Waals surface area contributed by atoms with Gasteiger partial charge < -0.3 is 20.7 Å². The molecule has 2 rings (SSSR count). The Balaban J connectivity index is 0.00000288. The molecule has 0 bridgehead atoms. The Morgan fingerprint density at radius 1 is 1.38 bits per heavy atom. The molecule has 0 spiro atoms. The standard InChI is InChI=1S/C17H25N3O3.ClH/c1-11(2)9-19-16(21)13-4-5-14(12(3)8-13)20-17(22)15-10-18-6-7-23-15;/h4-5,8,11,15,18H,6-7,9-10H2,1-3H3,(H,19,21)(H,20,22);1H. The molecule has 1 saturated heterocycles. The summed E-state index contributed by atoms with van der Waals surface area (Å²) < 4.78 is 5.43. The minimum atomic E-state index is -0.475. The summed E-state index contributed by atoms with van der Waals surface area (Å²) in [5.41, 5.74) is 2.14. The van der Waals surface area contributed by atoms with Crippen molar-refractivity contribution in [2.24, 2.45) is 5.92 Å². The van der Waals surface area contributed by atoms with Crippen molar-refractivity contribution in [2.45, 2.75) is 26.9 Å². The quantitative estimate of drug-likeness (QED) is 0.751. The van der Waals surface area contributed by atoms with Gasteiger partial charge in [-0.1, -0.05) is 13.8 Å². The highest BCUT2D eigenvalue weighted by atomic mass is 35.5. The zero-order valence-electron chi connectivity index (χ0n) is 14.3. The number of carbonyl (C=O) groups is 2. The van der Waals surface area contributed by atoms with Gasteiger partial charge in [0.2, 0.25) is 0 Å². The molecule has 1 aliphatic heterocycles. The van der Waals surface area contributed by atoms with E-state index in [0.717, 1.165) is 12.1 Å². The molecule has 1 aliphatic rings. The molecule has 3 N–H and O–H groups in total. The van der Waals surface area contributed by atoms with Gasteiger partial charge in [-0.05, 0) is 36.6 Å². The summed E-state index contributed by atoms with van der Waals surface area (Å²) in [6.07, 6.45) is -0.475. The van der Waals surface area contributed by atoms with Gasteiger partial charge >= 0.3 is 0 Å². The van der Waals surface area contributed by atoms with Gasteiger partial charge in [0.15, 0.2) is 0 Å². The summed E-state index contributed by atoms with van der Waals surface area (Å²) in [6.45, 7) is 8.42. The van der Waals surface area contributed by atoms with Crippen molar-refractivity contribution in [3.63, 3.8) is 0 Å². The van der Waals surface area contributed by atoms with Gasteiger partial charge in [0, 0.05) is 30.9 Å². The molecule has 0 aromatic heterocycles. The predicted molar refractivity (Wildman–Crippen MR) is 96.8 cm³/mol. The molecule has 0 radical (unpaired) electrons. The minimum absolute atomic E-state index is 0. The molecule has 7 heteroatoms. The number of hydrogen-bond acceptors (Lipinski definition) is 4. The average Bonchev–Trinajstić information content (AvgIpc) is 2.55. The largest absolute Gasteiger partial charge is 0.366 e. The molecule has 24 heavy (non-hydrogen) atoms. The van der Waals surface area contributed by atoms with E-state index in [4.69, 9.17) is 4.74 Å². The van der Waals surface area contributed by atoms with Crippen LogP contribution in [0.1, 0.15) is 29.8 Å². The number of benzene rings is 1. The highest BCUT2D eigenvalue weighted by Gasteiger charge is 2.22. The summed E-state index contributed by atoms with van der Waals surface area (Å²) in [6, 6.07) is 5.26. The van der Waals surface area contributed by atoms with Crippen molar-refractivity contribution in [3.05, 3.63) is 29.3 Å². The predicted octanol–water partition coefficient (Wildman–Crippen LogP) is 1.73. The third kappa shape index (κ3) is 5.78. The number of anilines is 1. The molecule has 0 saturated carbocycles. The third-order valence-electron chi connectivity index (χ3n) is 3.64. The first-order valence-corrected chi connectivity index (χ1v) is 7.99. The van der Waals surface area contributed by atoms with Gasteiger partial charge in [0.1, 0.15) is 6.10 Å². The number of halogens is 1. The maximum absolute atomic E-state index is 12.2. The van der Waals surface area contributed by atoms with E-state index in [1.165, 1.54) is 0 Å². The summed E-state index contributed by atoms with van der Waals surface area (Å²) in [5.74, 6) is 0.138. The maximum Gasteiger partial charge on any atom is 0.254 e. The first-order valence-electron chi connectivity index (χ1n) is 7.99. The molecule has 1 aromatic carbocycles. The van der Waals surface area contributed by atoms with E-state index in [0.29, 0.717) is 36.9 Å². The molecule has 1 unspecified atom stereocenters. The number of amides is 2. The highest BCUT2D eigenvalue weighted by Crippen LogP contribution is 2.17. The second-order valence-electron chi connectivity index (χ2n) is 6.19. The van der Waals surface area contributed by atoms with Crippen LogP contribution in [0.2, 0.25) is 0 Å². The first kappa shape index (κ1) is 20.4. The molecular weight excluding hydrogens is 330 g/mol. The highest BCUT2D eigenvalue weighted by molar-refractivity contribution is 5.97. The fourth-order valence-corrected chi connectivity index (χ4v) is 2.29. The summed E-state index contributed by atoms with van der Waals surface area (Å²) in [7, 11) is 0. The third-order valence-corrected chi connectivity index (χ3v) is 3.64. The van der Waals surface area contributed by atoms with E-state index >= 15 is 0 Å². The van der Waals surface area contributed by atoms with Crippen LogP contribution in [0.3, 0.4) is 0 Å². The van der Waals surface area contributed by atoms with Crippen molar-refractivity contribution in [1.29, 1.82) is 0 Å². The van der Waals surface area contributed by atoms with Gasteiger partial charge in [-0.15, -0.1) is 12.4 Å². The first-order chi connectivity index (χ1) is 11.0. The maximum atomic E-state index is 12.2. The van der Waals surface area contributed by atoms with Crippen LogP contribution in [-0.2, 0) is 9.53 Å². The Labute approximate surface area is 149 Å². The van der Waals surface area contributed by atoms with E-state index in [-0.39, 0.29) is 24.2 Å². The van der Waals surface area contributed by atoms with Crippen molar-refractivity contribution < 1.29 is 14.3 Å². The van der Waals surface area contributed by atoms with Crippen LogP contribution in [0.15, 0.2) is 18.2 Å². The van der Waals surface area contributed by atoms with Gasteiger partial charge in [0.05, 0.1) is 6.61 Å². The van der Waals surface area contributed by atoms with Crippen molar-refractivity contribution in [2.75, 3.05) is 31.6 Å². The summed E-state index contributed by atoms with van der Waals surface area (Å²) in [5, 5.41) is 8.87. The monoisotopic (exact) mass is 355 g/mol. The lowest BCUT2D eigenvalue weighted by atomic mass is 10.1. The number of aryl methyl sites for hydroxylation is 1. The number of hydrogen-bond donors (Lipinski definition) is 3. The van der Waals surface area contributed by atoms with Crippen LogP contribution in [0, 0.1) is 12.8 Å². The lowest BCUT2D eigenvalue weighted by Crippen LogP contribution is -2.45. The normalized spacial score (nSPS) is 17.1.